The maximum atomic E-state index is 9.67. The van der Waals surface area contributed by atoms with Crippen molar-refractivity contribution in [2.45, 2.75) is 65.7 Å². The van der Waals surface area contributed by atoms with Gasteiger partial charge in [-0.15, -0.1) is 0 Å². The van der Waals surface area contributed by atoms with Gasteiger partial charge in [-0.05, 0) is 56.1 Å². The summed E-state index contributed by atoms with van der Waals surface area (Å²) in [6.45, 7) is 13.5. The number of piperidine rings is 1. The van der Waals surface area contributed by atoms with Crippen LogP contribution in [-0.2, 0) is 4.74 Å². The van der Waals surface area contributed by atoms with E-state index in [0.717, 1.165) is 44.3 Å². The number of hydrogen-bond acceptors (Lipinski definition) is 3. The molecule has 0 saturated carbocycles. The second-order valence-electron chi connectivity index (χ2n) is 7.00. The van der Waals surface area contributed by atoms with Crippen molar-refractivity contribution in [1.29, 1.82) is 5.26 Å². The van der Waals surface area contributed by atoms with Gasteiger partial charge in [0.25, 0.3) is 0 Å². The molecule has 0 aromatic rings. The van der Waals surface area contributed by atoms with Crippen molar-refractivity contribution >= 4 is 0 Å². The minimum atomic E-state index is 0.538. The molecule has 0 atom stereocenters. The fraction of sp³-hybridized carbons (Fsp3) is 0.667. The zero-order valence-corrected chi connectivity index (χ0v) is 15.7. The number of ether oxygens (including phenoxy) is 1. The molecular formula is C21H32N2O. The highest BCUT2D eigenvalue weighted by atomic mass is 16.5. The summed E-state index contributed by atoms with van der Waals surface area (Å²) in [6, 6.07) is 2.36. The van der Waals surface area contributed by atoms with E-state index in [1.807, 2.05) is 0 Å². The molecule has 24 heavy (non-hydrogen) atoms. The van der Waals surface area contributed by atoms with Crippen LogP contribution in [-0.4, -0.2) is 24.6 Å². The average Bonchev–Trinajstić information content (AvgIpc) is 2.99. The summed E-state index contributed by atoms with van der Waals surface area (Å²) < 4.78 is 5.87. The van der Waals surface area contributed by atoms with E-state index < -0.39 is 0 Å². The predicted molar refractivity (Wildman–Crippen MR) is 99.2 cm³/mol. The van der Waals surface area contributed by atoms with E-state index in [1.165, 1.54) is 30.5 Å². The molecule has 132 valence electrons. The third-order valence-corrected chi connectivity index (χ3v) is 5.58. The number of likely N-dealkylation sites (tertiary alicyclic amines) is 1. The second-order valence-corrected chi connectivity index (χ2v) is 7.00. The summed E-state index contributed by atoms with van der Waals surface area (Å²) in [5.74, 6) is 1.09. The van der Waals surface area contributed by atoms with Crippen molar-refractivity contribution in [2.24, 2.45) is 5.92 Å². The summed E-state index contributed by atoms with van der Waals surface area (Å²) in [4.78, 5) is 2.52. The quantitative estimate of drug-likeness (QED) is 0.468. The maximum Gasteiger partial charge on any atom is 0.130 e. The molecule has 2 aliphatic rings. The van der Waals surface area contributed by atoms with E-state index in [-0.39, 0.29) is 0 Å². The summed E-state index contributed by atoms with van der Waals surface area (Å²) >= 11 is 0. The van der Waals surface area contributed by atoms with Crippen LogP contribution in [0.5, 0.6) is 0 Å². The molecule has 1 aliphatic carbocycles. The van der Waals surface area contributed by atoms with Crippen LogP contribution in [0.2, 0.25) is 0 Å². The Labute approximate surface area is 147 Å². The van der Waals surface area contributed by atoms with Crippen LogP contribution in [0.3, 0.4) is 0 Å². The topological polar surface area (TPSA) is 36.3 Å². The van der Waals surface area contributed by atoms with E-state index in [0.29, 0.717) is 23.9 Å². The molecule has 3 heteroatoms. The Bertz CT molecular complexity index is 555. The zero-order chi connectivity index (χ0) is 17.5. The maximum absolute atomic E-state index is 9.67. The van der Waals surface area contributed by atoms with Gasteiger partial charge in [0.2, 0.25) is 0 Å². The molecule has 0 bridgehead atoms. The smallest absolute Gasteiger partial charge is 0.130 e. The lowest BCUT2D eigenvalue weighted by molar-refractivity contribution is 0.168. The molecule has 1 heterocycles. The van der Waals surface area contributed by atoms with Crippen LogP contribution >= 0.6 is 0 Å². The minimum absolute atomic E-state index is 0.538. The molecular weight excluding hydrogens is 296 g/mol. The Morgan fingerprint density at radius 1 is 1.21 bits per heavy atom. The molecule has 0 N–H and O–H groups in total. The van der Waals surface area contributed by atoms with Gasteiger partial charge in [-0.2, -0.15) is 5.26 Å². The van der Waals surface area contributed by atoms with Crippen molar-refractivity contribution in [3.8, 4) is 6.07 Å². The van der Waals surface area contributed by atoms with Crippen molar-refractivity contribution in [1.82, 2.24) is 4.90 Å². The lowest BCUT2D eigenvalue weighted by Gasteiger charge is -2.30. The predicted octanol–water partition coefficient (Wildman–Crippen LogP) is 5.33. The summed E-state index contributed by atoms with van der Waals surface area (Å²) in [5.41, 5.74) is 4.52. The van der Waals surface area contributed by atoms with E-state index >= 15 is 0 Å². The molecule has 0 radical (unpaired) electrons. The molecule has 0 amide bonds. The second kappa shape index (κ2) is 8.97. The Kier molecular flexibility index (Phi) is 6.97. The third kappa shape index (κ3) is 4.23. The van der Waals surface area contributed by atoms with Gasteiger partial charge in [0.05, 0.1) is 12.2 Å². The number of hydrogen-bond donors (Lipinski definition) is 0. The summed E-state index contributed by atoms with van der Waals surface area (Å²) in [6.07, 6.45) is 8.09. The van der Waals surface area contributed by atoms with Crippen LogP contribution in [0.4, 0.5) is 0 Å². The highest BCUT2D eigenvalue weighted by molar-refractivity contribution is 5.52. The lowest BCUT2D eigenvalue weighted by atomic mass is 10.0. The van der Waals surface area contributed by atoms with Crippen LogP contribution < -0.4 is 0 Å². The number of allylic oxidation sites excluding steroid dienone is 4. The van der Waals surface area contributed by atoms with Crippen molar-refractivity contribution in [3.05, 3.63) is 34.8 Å². The fourth-order valence-corrected chi connectivity index (χ4v) is 3.78. The van der Waals surface area contributed by atoms with Gasteiger partial charge in [-0.3, -0.25) is 0 Å². The third-order valence-electron chi connectivity index (χ3n) is 5.58. The Morgan fingerprint density at radius 3 is 2.46 bits per heavy atom. The highest BCUT2D eigenvalue weighted by Gasteiger charge is 2.26. The van der Waals surface area contributed by atoms with Crippen molar-refractivity contribution in [3.63, 3.8) is 0 Å². The Balaban J connectivity index is 2.14. The van der Waals surface area contributed by atoms with Gasteiger partial charge in [0.15, 0.2) is 0 Å². The van der Waals surface area contributed by atoms with E-state index in [4.69, 9.17) is 4.74 Å². The number of rotatable bonds is 7. The SMILES string of the molecule is C=C(OCC(CC)CC)/C(C#N)=C1/CCC(N2CCCCC2)=C1C. The normalized spacial score (nSPS) is 20.4. The summed E-state index contributed by atoms with van der Waals surface area (Å²) in [5, 5.41) is 9.67. The van der Waals surface area contributed by atoms with Gasteiger partial charge >= 0.3 is 0 Å². The Morgan fingerprint density at radius 2 is 1.88 bits per heavy atom. The minimum Gasteiger partial charge on any atom is -0.493 e. The molecule has 1 aliphatic heterocycles. The molecule has 1 saturated heterocycles. The first-order chi connectivity index (χ1) is 11.6. The lowest BCUT2D eigenvalue weighted by Crippen LogP contribution is -2.28. The number of nitriles is 1. The van der Waals surface area contributed by atoms with Crippen molar-refractivity contribution < 1.29 is 4.74 Å². The molecule has 1 fully saturated rings. The van der Waals surface area contributed by atoms with Crippen LogP contribution in [0, 0.1) is 17.2 Å². The van der Waals surface area contributed by atoms with Gasteiger partial charge in [0, 0.05) is 18.8 Å². The highest BCUT2D eigenvalue weighted by Crippen LogP contribution is 2.37. The molecule has 0 aromatic carbocycles. The molecule has 0 aromatic heterocycles. The average molecular weight is 329 g/mol. The largest absolute Gasteiger partial charge is 0.493 e. The zero-order valence-electron chi connectivity index (χ0n) is 15.7. The Hall–Kier alpha value is -1.69. The summed E-state index contributed by atoms with van der Waals surface area (Å²) in [7, 11) is 0. The monoisotopic (exact) mass is 328 g/mol. The van der Waals surface area contributed by atoms with Gasteiger partial charge in [-0.1, -0.05) is 33.3 Å². The van der Waals surface area contributed by atoms with E-state index in [9.17, 15) is 5.26 Å². The first kappa shape index (κ1) is 18.6. The van der Waals surface area contributed by atoms with E-state index in [2.05, 4.69) is 38.3 Å². The molecule has 0 unspecified atom stereocenters. The molecule has 0 spiro atoms. The van der Waals surface area contributed by atoms with Crippen molar-refractivity contribution in [2.75, 3.05) is 19.7 Å². The first-order valence-electron chi connectivity index (χ1n) is 9.52. The fourth-order valence-electron chi connectivity index (χ4n) is 3.78. The van der Waals surface area contributed by atoms with Crippen LogP contribution in [0.1, 0.15) is 65.7 Å². The van der Waals surface area contributed by atoms with Gasteiger partial charge in [-0.25, -0.2) is 0 Å². The van der Waals surface area contributed by atoms with Gasteiger partial charge < -0.3 is 9.64 Å². The number of nitrogens with zero attached hydrogens (tertiary/aromatic N) is 2. The first-order valence-corrected chi connectivity index (χ1v) is 9.52. The standard InChI is InChI=1S/C21H32N2O/c1-5-18(6-2)15-24-17(4)20(14-22)19-10-11-21(16(19)3)23-12-8-7-9-13-23/h18H,4-13,15H2,1-3H3/b20-19-. The molecule has 3 nitrogen and oxygen atoms in total. The van der Waals surface area contributed by atoms with Gasteiger partial charge in [0.1, 0.15) is 11.8 Å². The van der Waals surface area contributed by atoms with E-state index in [1.54, 1.807) is 0 Å². The molecule has 2 rings (SSSR count). The van der Waals surface area contributed by atoms with Crippen LogP contribution in [0.25, 0.3) is 0 Å². The van der Waals surface area contributed by atoms with Crippen LogP contribution in [0.15, 0.2) is 34.8 Å².